The lowest BCUT2D eigenvalue weighted by atomic mass is 10.1. The number of benzene rings is 2. The van der Waals surface area contributed by atoms with Crippen LogP contribution in [0.5, 0.6) is 0 Å². The summed E-state index contributed by atoms with van der Waals surface area (Å²) in [4.78, 5) is 18.2. The average Bonchev–Trinajstić information content (AvgIpc) is 2.97. The molecule has 0 fully saturated rings. The van der Waals surface area contributed by atoms with Gasteiger partial charge in [-0.25, -0.2) is 24.3 Å². The molecule has 0 aliphatic carbocycles. The third-order valence-electron chi connectivity index (χ3n) is 3.92. The zero-order valence-electron chi connectivity index (χ0n) is 12.9. The number of aromatic nitrogens is 2. The van der Waals surface area contributed by atoms with Gasteiger partial charge in [0, 0.05) is 7.05 Å². The fourth-order valence-corrected chi connectivity index (χ4v) is 2.37. The van der Waals surface area contributed by atoms with Crippen molar-refractivity contribution in [3.63, 3.8) is 0 Å². The van der Waals surface area contributed by atoms with Crippen LogP contribution < -0.4 is 5.43 Å². The fourth-order valence-electron chi connectivity index (χ4n) is 2.37. The van der Waals surface area contributed by atoms with E-state index in [0.717, 1.165) is 16.6 Å². The lowest BCUT2D eigenvalue weighted by Gasteiger charge is -2.25. The second kappa shape index (κ2) is 6.08. The Balaban J connectivity index is 1.75. The molecule has 1 N–H and O–H groups in total. The zero-order chi connectivity index (χ0) is 16.4. The highest BCUT2D eigenvalue weighted by Gasteiger charge is 2.18. The molecular weight excluding hydrogens is 295 g/mol. The topological polar surface area (TPSA) is 50.2 Å². The number of fused-ring (bicyclic) bond motifs is 1. The second-order valence-electron chi connectivity index (χ2n) is 5.36. The lowest BCUT2D eigenvalue weighted by Crippen LogP contribution is -2.37. The molecule has 0 aliphatic rings. The summed E-state index contributed by atoms with van der Waals surface area (Å²) < 4.78 is 14.6. The number of para-hydroxylation sites is 2. The number of rotatable bonds is 3. The SMILES string of the molecule is C[C@@H](c1ccc(F)cc1)N(C)C(=O)Nn1cnc2ccccc21. The van der Waals surface area contributed by atoms with E-state index in [1.54, 1.807) is 35.1 Å². The summed E-state index contributed by atoms with van der Waals surface area (Å²) in [6.45, 7) is 1.89. The van der Waals surface area contributed by atoms with Crippen molar-refractivity contribution in [3.05, 3.63) is 66.2 Å². The van der Waals surface area contributed by atoms with Gasteiger partial charge in [-0.05, 0) is 36.8 Å². The van der Waals surface area contributed by atoms with Crippen LogP contribution in [0.3, 0.4) is 0 Å². The first-order valence-electron chi connectivity index (χ1n) is 7.27. The Morgan fingerprint density at radius 1 is 1.22 bits per heavy atom. The van der Waals surface area contributed by atoms with E-state index >= 15 is 0 Å². The number of hydrogen-bond donors (Lipinski definition) is 1. The molecule has 0 radical (unpaired) electrons. The van der Waals surface area contributed by atoms with E-state index in [1.807, 2.05) is 31.2 Å². The van der Waals surface area contributed by atoms with Gasteiger partial charge in [-0.2, -0.15) is 0 Å². The van der Waals surface area contributed by atoms with Crippen LogP contribution in [0.4, 0.5) is 9.18 Å². The van der Waals surface area contributed by atoms with Gasteiger partial charge in [0.05, 0.1) is 17.1 Å². The molecule has 3 rings (SSSR count). The monoisotopic (exact) mass is 312 g/mol. The molecule has 5 nitrogen and oxygen atoms in total. The summed E-state index contributed by atoms with van der Waals surface area (Å²) in [5.41, 5.74) is 5.28. The van der Waals surface area contributed by atoms with Crippen LogP contribution in [0.2, 0.25) is 0 Å². The standard InChI is InChI=1S/C17H17FN4O/c1-12(13-7-9-14(18)10-8-13)21(2)17(23)20-22-11-19-15-5-3-4-6-16(15)22/h3-12H,1-2H3,(H,20,23)/t12-/m0/s1. The van der Waals surface area contributed by atoms with Crippen LogP contribution in [-0.2, 0) is 0 Å². The highest BCUT2D eigenvalue weighted by molar-refractivity contribution is 5.85. The fraction of sp³-hybridized carbons (Fsp3) is 0.176. The van der Waals surface area contributed by atoms with Gasteiger partial charge in [0.2, 0.25) is 0 Å². The molecule has 0 saturated carbocycles. The molecule has 0 spiro atoms. The first-order valence-corrected chi connectivity index (χ1v) is 7.27. The maximum Gasteiger partial charge on any atom is 0.336 e. The number of imidazole rings is 1. The van der Waals surface area contributed by atoms with Crippen molar-refractivity contribution in [1.82, 2.24) is 14.6 Å². The van der Waals surface area contributed by atoms with E-state index in [9.17, 15) is 9.18 Å². The van der Waals surface area contributed by atoms with E-state index in [-0.39, 0.29) is 17.9 Å². The molecular formula is C17H17FN4O. The van der Waals surface area contributed by atoms with Gasteiger partial charge in [-0.1, -0.05) is 24.3 Å². The number of halogens is 1. The van der Waals surface area contributed by atoms with Gasteiger partial charge < -0.3 is 4.90 Å². The molecule has 0 saturated heterocycles. The van der Waals surface area contributed by atoms with Gasteiger partial charge in [-0.3, -0.25) is 0 Å². The molecule has 0 aliphatic heterocycles. The number of nitrogens with one attached hydrogen (secondary N) is 1. The average molecular weight is 312 g/mol. The van der Waals surface area contributed by atoms with Crippen molar-refractivity contribution in [1.29, 1.82) is 0 Å². The van der Waals surface area contributed by atoms with Gasteiger partial charge in [-0.15, -0.1) is 0 Å². The normalized spacial score (nSPS) is 12.1. The van der Waals surface area contributed by atoms with Crippen LogP contribution in [-0.4, -0.2) is 27.6 Å². The Bertz CT molecular complexity index is 828. The summed E-state index contributed by atoms with van der Waals surface area (Å²) in [7, 11) is 1.70. The molecule has 3 aromatic rings. The van der Waals surface area contributed by atoms with Crippen molar-refractivity contribution in [2.24, 2.45) is 0 Å². The summed E-state index contributed by atoms with van der Waals surface area (Å²) in [5, 5.41) is 0. The highest BCUT2D eigenvalue weighted by atomic mass is 19.1. The van der Waals surface area contributed by atoms with E-state index in [0.29, 0.717) is 0 Å². The minimum absolute atomic E-state index is 0.189. The number of urea groups is 1. The number of amides is 2. The Kier molecular flexibility index (Phi) is 3.97. The summed E-state index contributed by atoms with van der Waals surface area (Å²) >= 11 is 0. The van der Waals surface area contributed by atoms with E-state index in [1.165, 1.54) is 12.1 Å². The Hall–Kier alpha value is -2.89. The predicted molar refractivity (Wildman–Crippen MR) is 87.1 cm³/mol. The van der Waals surface area contributed by atoms with Gasteiger partial charge in [0.15, 0.2) is 0 Å². The smallest absolute Gasteiger partial charge is 0.320 e. The third kappa shape index (κ3) is 3.01. The van der Waals surface area contributed by atoms with Gasteiger partial charge >= 0.3 is 6.03 Å². The molecule has 0 unspecified atom stereocenters. The van der Waals surface area contributed by atoms with E-state index in [4.69, 9.17) is 0 Å². The quantitative estimate of drug-likeness (QED) is 0.804. The summed E-state index contributed by atoms with van der Waals surface area (Å²) in [6, 6.07) is 13.2. The van der Waals surface area contributed by atoms with Crippen molar-refractivity contribution in [3.8, 4) is 0 Å². The Morgan fingerprint density at radius 3 is 2.65 bits per heavy atom. The minimum Gasteiger partial charge on any atom is -0.320 e. The molecule has 1 atom stereocenters. The number of hydrogen-bond acceptors (Lipinski definition) is 2. The van der Waals surface area contributed by atoms with Crippen molar-refractivity contribution in [2.45, 2.75) is 13.0 Å². The number of carbonyl (C=O) groups is 1. The van der Waals surface area contributed by atoms with Crippen LogP contribution in [0.15, 0.2) is 54.9 Å². The lowest BCUT2D eigenvalue weighted by molar-refractivity contribution is 0.205. The molecule has 118 valence electrons. The largest absolute Gasteiger partial charge is 0.336 e. The first kappa shape index (κ1) is 15.0. The maximum atomic E-state index is 13.0. The predicted octanol–water partition coefficient (Wildman–Crippen LogP) is 3.53. The van der Waals surface area contributed by atoms with Crippen molar-refractivity contribution in [2.75, 3.05) is 12.5 Å². The van der Waals surface area contributed by atoms with Gasteiger partial charge in [0.1, 0.15) is 12.1 Å². The molecule has 2 aromatic carbocycles. The van der Waals surface area contributed by atoms with E-state index < -0.39 is 0 Å². The molecule has 23 heavy (non-hydrogen) atoms. The van der Waals surface area contributed by atoms with Gasteiger partial charge in [0.25, 0.3) is 0 Å². The van der Waals surface area contributed by atoms with Crippen LogP contribution >= 0.6 is 0 Å². The number of nitrogens with zero attached hydrogens (tertiary/aromatic N) is 3. The third-order valence-corrected chi connectivity index (χ3v) is 3.92. The molecule has 0 bridgehead atoms. The summed E-state index contributed by atoms with van der Waals surface area (Å²) in [5.74, 6) is -0.294. The van der Waals surface area contributed by atoms with Crippen LogP contribution in [0.1, 0.15) is 18.5 Å². The Morgan fingerprint density at radius 2 is 1.91 bits per heavy atom. The van der Waals surface area contributed by atoms with Crippen LogP contribution in [0.25, 0.3) is 11.0 Å². The van der Waals surface area contributed by atoms with Crippen molar-refractivity contribution < 1.29 is 9.18 Å². The minimum atomic E-state index is -0.294. The first-order chi connectivity index (χ1) is 11.1. The van der Waals surface area contributed by atoms with Crippen LogP contribution in [0, 0.1) is 5.82 Å². The molecule has 2 amide bonds. The molecule has 1 heterocycles. The molecule has 6 heteroatoms. The van der Waals surface area contributed by atoms with Crippen molar-refractivity contribution >= 4 is 17.1 Å². The number of carbonyl (C=O) groups excluding carboxylic acids is 1. The maximum absolute atomic E-state index is 13.0. The zero-order valence-corrected chi connectivity index (χ0v) is 12.9. The molecule has 1 aromatic heterocycles. The Labute approximate surface area is 133 Å². The summed E-state index contributed by atoms with van der Waals surface area (Å²) in [6.07, 6.45) is 1.57. The second-order valence-corrected chi connectivity index (χ2v) is 5.36. The highest BCUT2D eigenvalue weighted by Crippen LogP contribution is 2.19. The van der Waals surface area contributed by atoms with E-state index in [2.05, 4.69) is 10.4 Å².